The molecule has 2 aromatic carbocycles. The minimum atomic E-state index is -0.453. The molecule has 0 spiro atoms. The number of rotatable bonds is 5. The van der Waals surface area contributed by atoms with Gasteiger partial charge in [-0.15, -0.1) is 10.2 Å². The minimum Gasteiger partial charge on any atom is -0.482 e. The largest absolute Gasteiger partial charge is 0.482 e. The number of hydrogen-bond acceptors (Lipinski definition) is 6. The lowest BCUT2D eigenvalue weighted by Gasteiger charge is -2.08. The molecular formula is C19H16N2O4. The predicted octanol–water partition coefficient (Wildman–Crippen LogP) is 3.21. The fraction of sp³-hybridized carbons (Fsp3) is 0.211. The van der Waals surface area contributed by atoms with Gasteiger partial charge < -0.3 is 13.9 Å². The van der Waals surface area contributed by atoms with Crippen LogP contribution in [0.3, 0.4) is 0 Å². The van der Waals surface area contributed by atoms with Gasteiger partial charge in [-0.3, -0.25) is 0 Å². The molecule has 0 saturated heterocycles. The summed E-state index contributed by atoms with van der Waals surface area (Å²) in [5.74, 6) is 1.10. The second-order valence-electron chi connectivity index (χ2n) is 5.82. The van der Waals surface area contributed by atoms with Crippen molar-refractivity contribution >= 4 is 5.97 Å². The SMILES string of the molecule is O=C(COc1ccc2c(c1)CCC2)Oc1ccc(-c2nnco2)cc1. The Hall–Kier alpha value is -3.15. The number of nitrogens with zero attached hydrogens (tertiary/aromatic N) is 2. The molecule has 0 atom stereocenters. The first-order valence-corrected chi connectivity index (χ1v) is 8.10. The van der Waals surface area contributed by atoms with E-state index in [2.05, 4.69) is 16.3 Å². The maximum absolute atomic E-state index is 11.9. The Labute approximate surface area is 144 Å². The number of aromatic nitrogens is 2. The van der Waals surface area contributed by atoms with Gasteiger partial charge in [0.15, 0.2) is 6.61 Å². The van der Waals surface area contributed by atoms with E-state index in [-0.39, 0.29) is 6.61 Å². The van der Waals surface area contributed by atoms with E-state index in [0.717, 1.165) is 18.4 Å². The van der Waals surface area contributed by atoms with Gasteiger partial charge in [0.25, 0.3) is 0 Å². The molecule has 6 heteroatoms. The molecule has 0 unspecified atom stereocenters. The first kappa shape index (κ1) is 15.4. The second-order valence-corrected chi connectivity index (χ2v) is 5.82. The van der Waals surface area contributed by atoms with Crippen LogP contribution in [-0.2, 0) is 17.6 Å². The average Bonchev–Trinajstić information content (AvgIpc) is 3.32. The third-order valence-corrected chi connectivity index (χ3v) is 4.12. The van der Waals surface area contributed by atoms with Crippen molar-refractivity contribution in [3.05, 3.63) is 60.0 Å². The summed E-state index contributed by atoms with van der Waals surface area (Å²) in [5, 5.41) is 7.45. The zero-order valence-corrected chi connectivity index (χ0v) is 13.5. The van der Waals surface area contributed by atoms with Crippen molar-refractivity contribution in [2.75, 3.05) is 6.61 Å². The van der Waals surface area contributed by atoms with Crippen LogP contribution in [0.4, 0.5) is 0 Å². The summed E-state index contributed by atoms with van der Waals surface area (Å²) < 4.78 is 15.9. The first-order chi connectivity index (χ1) is 12.3. The van der Waals surface area contributed by atoms with Crippen molar-refractivity contribution in [3.8, 4) is 23.0 Å². The molecule has 0 N–H and O–H groups in total. The fourth-order valence-corrected chi connectivity index (χ4v) is 2.91. The van der Waals surface area contributed by atoms with Gasteiger partial charge in [-0.25, -0.2) is 4.79 Å². The fourth-order valence-electron chi connectivity index (χ4n) is 2.91. The summed E-state index contributed by atoms with van der Waals surface area (Å²) >= 11 is 0. The van der Waals surface area contributed by atoms with E-state index >= 15 is 0 Å². The normalized spacial score (nSPS) is 12.6. The second kappa shape index (κ2) is 6.76. The number of ether oxygens (including phenoxy) is 2. The summed E-state index contributed by atoms with van der Waals surface area (Å²) in [7, 11) is 0. The van der Waals surface area contributed by atoms with Crippen molar-refractivity contribution in [2.24, 2.45) is 0 Å². The molecule has 0 amide bonds. The lowest BCUT2D eigenvalue weighted by atomic mass is 10.1. The molecule has 0 aliphatic heterocycles. The van der Waals surface area contributed by atoms with Crippen molar-refractivity contribution in [2.45, 2.75) is 19.3 Å². The lowest BCUT2D eigenvalue weighted by molar-refractivity contribution is -0.136. The number of hydrogen-bond donors (Lipinski definition) is 0. The van der Waals surface area contributed by atoms with Gasteiger partial charge >= 0.3 is 5.97 Å². The average molecular weight is 336 g/mol. The Bertz CT molecular complexity index is 873. The van der Waals surface area contributed by atoms with Gasteiger partial charge in [0.05, 0.1) is 0 Å². The van der Waals surface area contributed by atoms with E-state index in [1.807, 2.05) is 12.1 Å². The van der Waals surface area contributed by atoms with Crippen LogP contribution in [0.5, 0.6) is 11.5 Å². The molecule has 0 fully saturated rings. The minimum absolute atomic E-state index is 0.135. The molecule has 1 aromatic heterocycles. The smallest absolute Gasteiger partial charge is 0.349 e. The summed E-state index contributed by atoms with van der Waals surface area (Å²) in [6, 6.07) is 12.8. The lowest BCUT2D eigenvalue weighted by Crippen LogP contribution is -2.17. The Kier molecular flexibility index (Phi) is 4.16. The Morgan fingerprint density at radius 2 is 1.84 bits per heavy atom. The van der Waals surface area contributed by atoms with Crippen LogP contribution in [-0.4, -0.2) is 22.8 Å². The first-order valence-electron chi connectivity index (χ1n) is 8.10. The third-order valence-electron chi connectivity index (χ3n) is 4.12. The van der Waals surface area contributed by atoms with E-state index in [9.17, 15) is 4.79 Å². The zero-order valence-electron chi connectivity index (χ0n) is 13.5. The van der Waals surface area contributed by atoms with Crippen molar-refractivity contribution in [1.29, 1.82) is 0 Å². The van der Waals surface area contributed by atoms with Crippen LogP contribution < -0.4 is 9.47 Å². The quantitative estimate of drug-likeness (QED) is 0.526. The number of benzene rings is 2. The highest BCUT2D eigenvalue weighted by Crippen LogP contribution is 2.26. The van der Waals surface area contributed by atoms with E-state index in [1.165, 1.54) is 23.9 Å². The molecule has 0 radical (unpaired) electrons. The van der Waals surface area contributed by atoms with E-state index in [1.54, 1.807) is 24.3 Å². The van der Waals surface area contributed by atoms with Crippen LogP contribution in [0.15, 0.2) is 53.3 Å². The van der Waals surface area contributed by atoms with Gasteiger partial charge in [-0.2, -0.15) is 0 Å². The van der Waals surface area contributed by atoms with Crippen molar-refractivity contribution in [3.63, 3.8) is 0 Å². The van der Waals surface area contributed by atoms with E-state index in [4.69, 9.17) is 13.9 Å². The summed E-state index contributed by atoms with van der Waals surface area (Å²) in [4.78, 5) is 11.9. The Morgan fingerprint density at radius 1 is 1.04 bits per heavy atom. The molecule has 1 heterocycles. The molecule has 4 rings (SSSR count). The number of esters is 1. The number of fused-ring (bicyclic) bond motifs is 1. The standard InChI is InChI=1S/C19H16N2O4/c22-18(11-23-17-9-4-13-2-1-3-15(13)10-17)25-16-7-5-14(6-8-16)19-21-20-12-24-19/h4-10,12H,1-3,11H2. The monoisotopic (exact) mass is 336 g/mol. The molecule has 126 valence electrons. The number of carbonyl (C=O) groups excluding carboxylic acids is 1. The summed E-state index contributed by atoms with van der Waals surface area (Å²) in [6.07, 6.45) is 4.64. The van der Waals surface area contributed by atoms with Crippen LogP contribution in [0.25, 0.3) is 11.5 Å². The molecule has 1 aliphatic carbocycles. The Morgan fingerprint density at radius 3 is 2.64 bits per heavy atom. The highest BCUT2D eigenvalue weighted by atomic mass is 16.6. The van der Waals surface area contributed by atoms with Gasteiger partial charge in [-0.05, 0) is 66.8 Å². The Balaban J connectivity index is 1.33. The molecule has 1 aliphatic rings. The topological polar surface area (TPSA) is 74.5 Å². The van der Waals surface area contributed by atoms with Gasteiger partial charge in [0.2, 0.25) is 12.3 Å². The van der Waals surface area contributed by atoms with Gasteiger partial charge in [0.1, 0.15) is 11.5 Å². The van der Waals surface area contributed by atoms with Gasteiger partial charge in [0, 0.05) is 5.56 Å². The third kappa shape index (κ3) is 3.52. The summed E-state index contributed by atoms with van der Waals surface area (Å²) in [5.41, 5.74) is 3.44. The number of aryl methyl sites for hydroxylation is 2. The molecule has 0 bridgehead atoms. The molecule has 6 nitrogen and oxygen atoms in total. The maximum atomic E-state index is 11.9. The molecular weight excluding hydrogens is 320 g/mol. The van der Waals surface area contributed by atoms with E-state index in [0.29, 0.717) is 17.4 Å². The predicted molar refractivity (Wildman–Crippen MR) is 89.3 cm³/mol. The molecule has 3 aromatic rings. The number of carbonyl (C=O) groups is 1. The van der Waals surface area contributed by atoms with Crippen molar-refractivity contribution < 1.29 is 18.7 Å². The van der Waals surface area contributed by atoms with Crippen LogP contribution in [0.1, 0.15) is 17.5 Å². The van der Waals surface area contributed by atoms with Gasteiger partial charge in [-0.1, -0.05) is 6.07 Å². The summed E-state index contributed by atoms with van der Waals surface area (Å²) in [6.45, 7) is -0.135. The maximum Gasteiger partial charge on any atom is 0.349 e. The van der Waals surface area contributed by atoms with Crippen LogP contribution in [0.2, 0.25) is 0 Å². The van der Waals surface area contributed by atoms with E-state index < -0.39 is 5.97 Å². The molecule has 0 saturated carbocycles. The molecule has 25 heavy (non-hydrogen) atoms. The van der Waals surface area contributed by atoms with Crippen LogP contribution in [0, 0.1) is 0 Å². The van der Waals surface area contributed by atoms with Crippen LogP contribution >= 0.6 is 0 Å². The highest BCUT2D eigenvalue weighted by molar-refractivity contribution is 5.74. The van der Waals surface area contributed by atoms with Crippen molar-refractivity contribution in [1.82, 2.24) is 10.2 Å². The zero-order chi connectivity index (χ0) is 17.1. The highest BCUT2D eigenvalue weighted by Gasteiger charge is 2.12.